The third-order valence-electron chi connectivity index (χ3n) is 4.80. The van der Waals surface area contributed by atoms with Crippen molar-refractivity contribution in [2.75, 3.05) is 5.32 Å². The highest BCUT2D eigenvalue weighted by Crippen LogP contribution is 2.26. The van der Waals surface area contributed by atoms with Gasteiger partial charge in [0.15, 0.2) is 0 Å². The number of carbonyl (C=O) groups excluding carboxylic acids is 1. The number of carbonyl (C=O) groups is 1. The van der Waals surface area contributed by atoms with Crippen LogP contribution in [0.25, 0.3) is 16.6 Å². The number of nitro benzene ring substituents is 1. The zero-order chi connectivity index (χ0) is 23.0. The van der Waals surface area contributed by atoms with Crippen molar-refractivity contribution >= 4 is 39.8 Å². The minimum atomic E-state index is -0.776. The quantitative estimate of drug-likeness (QED) is 0.358. The predicted octanol–water partition coefficient (Wildman–Crippen LogP) is 4.65. The van der Waals surface area contributed by atoms with E-state index in [1.807, 2.05) is 0 Å². The molecule has 1 heterocycles. The van der Waals surface area contributed by atoms with Gasteiger partial charge in [0.2, 0.25) is 0 Å². The summed E-state index contributed by atoms with van der Waals surface area (Å²) in [6, 6.07) is 14.1. The van der Waals surface area contributed by atoms with Gasteiger partial charge in [0, 0.05) is 11.6 Å². The summed E-state index contributed by atoms with van der Waals surface area (Å²) in [5.41, 5.74) is -0.241. The third-order valence-corrected chi connectivity index (χ3v) is 5.12. The Labute approximate surface area is 185 Å². The Morgan fingerprint density at radius 3 is 2.66 bits per heavy atom. The molecule has 0 saturated heterocycles. The average Bonchev–Trinajstić information content (AvgIpc) is 2.76. The Morgan fingerprint density at radius 2 is 1.91 bits per heavy atom. The molecule has 0 bridgehead atoms. The largest absolute Gasteiger partial charge is 0.319 e. The number of benzene rings is 3. The molecular formula is C22H14ClFN4O4. The van der Waals surface area contributed by atoms with Crippen LogP contribution in [0, 0.1) is 22.9 Å². The molecule has 0 saturated carbocycles. The number of amides is 1. The van der Waals surface area contributed by atoms with E-state index in [0.29, 0.717) is 22.4 Å². The molecular weight excluding hydrogens is 439 g/mol. The molecule has 32 heavy (non-hydrogen) atoms. The molecule has 1 N–H and O–H groups in total. The molecule has 10 heteroatoms. The van der Waals surface area contributed by atoms with Gasteiger partial charge in [-0.2, -0.15) is 0 Å². The first kappa shape index (κ1) is 21.1. The van der Waals surface area contributed by atoms with Gasteiger partial charge in [0.05, 0.1) is 27.2 Å². The van der Waals surface area contributed by atoms with Crippen molar-refractivity contribution in [1.29, 1.82) is 0 Å². The van der Waals surface area contributed by atoms with E-state index in [4.69, 9.17) is 11.6 Å². The van der Waals surface area contributed by atoms with Crippen molar-refractivity contribution in [2.24, 2.45) is 0 Å². The fraction of sp³-hybridized carbons (Fsp3) is 0.0455. The van der Waals surface area contributed by atoms with Crippen molar-refractivity contribution in [1.82, 2.24) is 9.55 Å². The summed E-state index contributed by atoms with van der Waals surface area (Å²) in [6.07, 6.45) is 0. The zero-order valence-electron chi connectivity index (χ0n) is 16.5. The maximum Gasteiger partial charge on any atom is 0.288 e. The van der Waals surface area contributed by atoms with Crippen molar-refractivity contribution < 1.29 is 14.1 Å². The second-order valence-electron chi connectivity index (χ2n) is 6.86. The molecule has 0 atom stereocenters. The van der Waals surface area contributed by atoms with Gasteiger partial charge in [0.1, 0.15) is 16.7 Å². The normalized spacial score (nSPS) is 10.8. The first-order valence-corrected chi connectivity index (χ1v) is 9.67. The number of nitrogens with one attached hydrogen (secondary N) is 1. The molecule has 0 aliphatic rings. The lowest BCUT2D eigenvalue weighted by Crippen LogP contribution is -2.22. The minimum Gasteiger partial charge on any atom is -0.319 e. The highest BCUT2D eigenvalue weighted by molar-refractivity contribution is 6.32. The van der Waals surface area contributed by atoms with Crippen molar-refractivity contribution in [3.63, 3.8) is 0 Å². The highest BCUT2D eigenvalue weighted by Gasteiger charge is 2.18. The van der Waals surface area contributed by atoms with Gasteiger partial charge in [-0.3, -0.25) is 24.3 Å². The van der Waals surface area contributed by atoms with E-state index >= 15 is 0 Å². The number of anilines is 1. The van der Waals surface area contributed by atoms with Crippen LogP contribution in [0.3, 0.4) is 0 Å². The topological polar surface area (TPSA) is 107 Å². The van der Waals surface area contributed by atoms with Crippen LogP contribution in [-0.4, -0.2) is 20.4 Å². The van der Waals surface area contributed by atoms with E-state index in [1.54, 1.807) is 31.2 Å². The molecule has 0 fully saturated rings. The number of fused-ring (bicyclic) bond motifs is 1. The average molecular weight is 453 g/mol. The van der Waals surface area contributed by atoms with Crippen LogP contribution in [-0.2, 0) is 0 Å². The summed E-state index contributed by atoms with van der Waals surface area (Å²) in [4.78, 5) is 40.3. The van der Waals surface area contributed by atoms with Gasteiger partial charge in [-0.1, -0.05) is 23.7 Å². The smallest absolute Gasteiger partial charge is 0.288 e. The zero-order valence-corrected chi connectivity index (χ0v) is 17.3. The van der Waals surface area contributed by atoms with Crippen LogP contribution in [0.2, 0.25) is 5.02 Å². The molecule has 1 amide bonds. The molecule has 4 rings (SSSR count). The van der Waals surface area contributed by atoms with Crippen molar-refractivity contribution in [2.45, 2.75) is 6.92 Å². The van der Waals surface area contributed by atoms with Gasteiger partial charge in [-0.15, -0.1) is 0 Å². The lowest BCUT2D eigenvalue weighted by molar-refractivity contribution is -0.384. The number of halogens is 2. The first-order valence-electron chi connectivity index (χ1n) is 9.30. The molecule has 0 aliphatic heterocycles. The number of hydrogen-bond donors (Lipinski definition) is 1. The lowest BCUT2D eigenvalue weighted by atomic mass is 10.1. The third kappa shape index (κ3) is 3.81. The van der Waals surface area contributed by atoms with E-state index in [2.05, 4.69) is 10.3 Å². The van der Waals surface area contributed by atoms with E-state index in [9.17, 15) is 24.1 Å². The standard InChI is InChI=1S/C22H14ClFN4O4/c1-12-25-18-5-3-2-4-15(18)22(30)27(12)14-7-9-17(24)19(11-14)26-21(29)13-6-8-16(23)20(10-13)28(31)32/h2-11H,1H3,(H,26,29). The second-order valence-corrected chi connectivity index (χ2v) is 7.27. The maximum absolute atomic E-state index is 14.4. The summed E-state index contributed by atoms with van der Waals surface area (Å²) >= 11 is 5.77. The summed E-state index contributed by atoms with van der Waals surface area (Å²) in [7, 11) is 0. The summed E-state index contributed by atoms with van der Waals surface area (Å²) in [5.74, 6) is -1.14. The monoisotopic (exact) mass is 452 g/mol. The summed E-state index contributed by atoms with van der Waals surface area (Å²) < 4.78 is 15.8. The SMILES string of the molecule is Cc1nc2ccccc2c(=O)n1-c1ccc(F)c(NC(=O)c2ccc(Cl)c([N+](=O)[O-])c2)c1. The van der Waals surface area contributed by atoms with Crippen LogP contribution in [0.5, 0.6) is 0 Å². The molecule has 0 spiro atoms. The number of hydrogen-bond acceptors (Lipinski definition) is 5. The van der Waals surface area contributed by atoms with Crippen LogP contribution >= 0.6 is 11.6 Å². The lowest BCUT2D eigenvalue weighted by Gasteiger charge is -2.13. The van der Waals surface area contributed by atoms with E-state index in [0.717, 1.165) is 12.1 Å². The van der Waals surface area contributed by atoms with E-state index in [-0.39, 0.29) is 21.8 Å². The predicted molar refractivity (Wildman–Crippen MR) is 118 cm³/mol. The van der Waals surface area contributed by atoms with Crippen LogP contribution in [0.15, 0.2) is 65.5 Å². The Morgan fingerprint density at radius 1 is 1.16 bits per heavy atom. The minimum absolute atomic E-state index is 0.0772. The van der Waals surface area contributed by atoms with Gasteiger partial charge in [-0.05, 0) is 49.4 Å². The maximum atomic E-state index is 14.4. The number of nitrogens with zero attached hydrogens (tertiary/aromatic N) is 3. The van der Waals surface area contributed by atoms with E-state index < -0.39 is 22.3 Å². The van der Waals surface area contributed by atoms with Crippen LogP contribution < -0.4 is 10.9 Å². The fourth-order valence-corrected chi connectivity index (χ4v) is 3.47. The molecule has 0 unspecified atom stereocenters. The van der Waals surface area contributed by atoms with Gasteiger partial charge in [-0.25, -0.2) is 9.37 Å². The summed E-state index contributed by atoms with van der Waals surface area (Å²) in [6.45, 7) is 1.64. The fourth-order valence-electron chi connectivity index (χ4n) is 3.28. The summed E-state index contributed by atoms with van der Waals surface area (Å²) in [5, 5.41) is 13.7. The molecule has 8 nitrogen and oxygen atoms in total. The number of nitro groups is 1. The Balaban J connectivity index is 1.74. The highest BCUT2D eigenvalue weighted by atomic mass is 35.5. The Kier molecular flexibility index (Phi) is 5.41. The molecule has 4 aromatic rings. The molecule has 0 radical (unpaired) electrons. The van der Waals surface area contributed by atoms with Crippen LogP contribution in [0.1, 0.15) is 16.2 Å². The van der Waals surface area contributed by atoms with Gasteiger partial charge in [0.25, 0.3) is 17.2 Å². The number of aryl methyl sites for hydroxylation is 1. The number of rotatable bonds is 4. The molecule has 3 aromatic carbocycles. The molecule has 160 valence electrons. The molecule has 0 aliphatic carbocycles. The Bertz CT molecular complexity index is 1470. The first-order chi connectivity index (χ1) is 15.3. The van der Waals surface area contributed by atoms with E-state index in [1.165, 1.54) is 28.8 Å². The van der Waals surface area contributed by atoms with Gasteiger partial charge < -0.3 is 5.32 Å². The Hall–Kier alpha value is -4.11. The number of para-hydroxylation sites is 1. The number of aromatic nitrogens is 2. The van der Waals surface area contributed by atoms with Crippen molar-refractivity contribution in [3.05, 3.63) is 103 Å². The van der Waals surface area contributed by atoms with Crippen molar-refractivity contribution in [3.8, 4) is 5.69 Å². The second kappa shape index (κ2) is 8.20. The molecule has 1 aromatic heterocycles. The van der Waals surface area contributed by atoms with Gasteiger partial charge >= 0.3 is 0 Å². The van der Waals surface area contributed by atoms with Crippen LogP contribution in [0.4, 0.5) is 15.8 Å².